The number of thioether (sulfide) groups is 1. The number of hydrogen-bond acceptors (Lipinski definition) is 2. The number of rotatable bonds is 5. The second-order valence-electron chi connectivity index (χ2n) is 4.17. The molecular formula is C10H17F3OS. The largest absolute Gasteiger partial charge is 0.417 e. The Labute approximate surface area is 92.4 Å². The fourth-order valence-electron chi connectivity index (χ4n) is 1.82. The Morgan fingerprint density at radius 3 is 2.20 bits per heavy atom. The molecule has 0 aliphatic heterocycles. The van der Waals surface area contributed by atoms with Crippen LogP contribution in [-0.2, 0) is 0 Å². The van der Waals surface area contributed by atoms with Gasteiger partial charge in [-0.15, -0.1) is 0 Å². The van der Waals surface area contributed by atoms with Crippen LogP contribution in [-0.4, -0.2) is 28.4 Å². The molecule has 0 aromatic carbocycles. The van der Waals surface area contributed by atoms with Crippen molar-refractivity contribution in [1.82, 2.24) is 0 Å². The summed E-state index contributed by atoms with van der Waals surface area (Å²) in [4.78, 5) is 0. The molecule has 15 heavy (non-hydrogen) atoms. The van der Waals surface area contributed by atoms with Crippen LogP contribution in [0, 0.1) is 5.92 Å². The molecule has 1 rings (SSSR count). The lowest BCUT2D eigenvalue weighted by molar-refractivity contribution is -0.270. The molecule has 0 amide bonds. The highest BCUT2D eigenvalue weighted by Gasteiger charge is 2.61. The smallest absolute Gasteiger partial charge is 0.380 e. The predicted octanol–water partition coefficient (Wildman–Crippen LogP) is 3.22. The van der Waals surface area contributed by atoms with Crippen molar-refractivity contribution in [3.05, 3.63) is 0 Å². The van der Waals surface area contributed by atoms with Crippen LogP contribution in [0.1, 0.15) is 32.6 Å². The van der Waals surface area contributed by atoms with Gasteiger partial charge in [-0.25, -0.2) is 0 Å². The van der Waals surface area contributed by atoms with E-state index in [0.717, 1.165) is 0 Å². The molecule has 0 bridgehead atoms. The monoisotopic (exact) mass is 242 g/mol. The van der Waals surface area contributed by atoms with E-state index >= 15 is 0 Å². The molecular weight excluding hydrogens is 225 g/mol. The van der Waals surface area contributed by atoms with Crippen LogP contribution in [0.25, 0.3) is 0 Å². The lowest BCUT2D eigenvalue weighted by Crippen LogP contribution is -2.49. The third-order valence-corrected chi connectivity index (χ3v) is 4.24. The molecule has 1 aliphatic carbocycles. The van der Waals surface area contributed by atoms with Gasteiger partial charge in [0, 0.05) is 5.25 Å². The Bertz CT molecular complexity index is 211. The van der Waals surface area contributed by atoms with Crippen molar-refractivity contribution in [1.29, 1.82) is 0 Å². The zero-order valence-corrected chi connectivity index (χ0v) is 9.79. The molecule has 0 heterocycles. The quantitative estimate of drug-likeness (QED) is 0.798. The van der Waals surface area contributed by atoms with Crippen molar-refractivity contribution < 1.29 is 18.3 Å². The molecule has 1 fully saturated rings. The summed E-state index contributed by atoms with van der Waals surface area (Å²) in [6.45, 7) is 1.85. The summed E-state index contributed by atoms with van der Waals surface area (Å²) in [6, 6.07) is 0. The van der Waals surface area contributed by atoms with Gasteiger partial charge in [0.05, 0.1) is 0 Å². The minimum absolute atomic E-state index is 0.114. The molecule has 1 nitrogen and oxygen atoms in total. The van der Waals surface area contributed by atoms with E-state index in [1.165, 1.54) is 11.8 Å². The van der Waals surface area contributed by atoms with E-state index < -0.39 is 17.7 Å². The Hall–Kier alpha value is 0.100. The number of halogens is 3. The van der Waals surface area contributed by atoms with Crippen molar-refractivity contribution in [2.75, 3.05) is 6.26 Å². The van der Waals surface area contributed by atoms with Gasteiger partial charge in [0.2, 0.25) is 0 Å². The maximum absolute atomic E-state index is 12.8. The molecule has 0 aromatic heterocycles. The Balaban J connectivity index is 2.73. The molecule has 2 atom stereocenters. The van der Waals surface area contributed by atoms with Crippen LogP contribution in [0.15, 0.2) is 0 Å². The number of aliphatic hydroxyl groups is 1. The van der Waals surface area contributed by atoms with Crippen LogP contribution >= 0.6 is 11.8 Å². The molecule has 5 heteroatoms. The lowest BCUT2D eigenvalue weighted by atomic mass is 9.90. The van der Waals surface area contributed by atoms with Gasteiger partial charge in [0.1, 0.15) is 0 Å². The SMILES string of the molecule is CCC(CC(O)(C1CC1)C(F)(F)F)SC. The Morgan fingerprint density at radius 1 is 1.40 bits per heavy atom. The van der Waals surface area contributed by atoms with Gasteiger partial charge < -0.3 is 5.11 Å². The molecule has 1 saturated carbocycles. The zero-order chi connectivity index (χ0) is 11.7. The maximum atomic E-state index is 12.8. The molecule has 0 aromatic rings. The van der Waals surface area contributed by atoms with Crippen molar-refractivity contribution >= 4 is 11.8 Å². The van der Waals surface area contributed by atoms with Crippen LogP contribution in [0.2, 0.25) is 0 Å². The lowest BCUT2D eigenvalue weighted by Gasteiger charge is -2.33. The highest BCUT2D eigenvalue weighted by Crippen LogP contribution is 2.51. The summed E-state index contributed by atoms with van der Waals surface area (Å²) in [7, 11) is 0. The van der Waals surface area contributed by atoms with Crippen LogP contribution in [0.4, 0.5) is 13.2 Å². The summed E-state index contributed by atoms with van der Waals surface area (Å²) >= 11 is 1.40. The second-order valence-corrected chi connectivity index (χ2v) is 5.30. The van der Waals surface area contributed by atoms with E-state index in [1.54, 1.807) is 6.26 Å². The van der Waals surface area contributed by atoms with E-state index in [-0.39, 0.29) is 11.7 Å². The first kappa shape index (κ1) is 13.2. The molecule has 2 unspecified atom stereocenters. The van der Waals surface area contributed by atoms with Crippen LogP contribution < -0.4 is 0 Å². The van der Waals surface area contributed by atoms with E-state index in [0.29, 0.717) is 19.3 Å². The first-order valence-corrected chi connectivity index (χ1v) is 6.45. The topological polar surface area (TPSA) is 20.2 Å². The van der Waals surface area contributed by atoms with Gasteiger partial charge in [-0.2, -0.15) is 24.9 Å². The van der Waals surface area contributed by atoms with Crippen molar-refractivity contribution in [3.63, 3.8) is 0 Å². The third-order valence-electron chi connectivity index (χ3n) is 3.07. The minimum atomic E-state index is -4.49. The molecule has 0 spiro atoms. The third kappa shape index (κ3) is 2.81. The van der Waals surface area contributed by atoms with Crippen molar-refractivity contribution in [3.8, 4) is 0 Å². The average molecular weight is 242 g/mol. The molecule has 1 aliphatic rings. The van der Waals surface area contributed by atoms with E-state index in [1.807, 2.05) is 6.92 Å². The number of alkyl halides is 3. The summed E-state index contributed by atoms with van der Waals surface area (Å²) in [6.07, 6.45) is -1.21. The van der Waals surface area contributed by atoms with Crippen molar-refractivity contribution in [2.45, 2.75) is 49.6 Å². The molecule has 0 saturated heterocycles. The minimum Gasteiger partial charge on any atom is -0.380 e. The fraction of sp³-hybridized carbons (Fsp3) is 1.00. The summed E-state index contributed by atoms with van der Waals surface area (Å²) in [5.74, 6) is -0.571. The summed E-state index contributed by atoms with van der Waals surface area (Å²) in [5, 5.41) is 9.67. The second kappa shape index (κ2) is 4.53. The van der Waals surface area contributed by atoms with Gasteiger partial charge >= 0.3 is 6.18 Å². The van der Waals surface area contributed by atoms with Gasteiger partial charge in [0.15, 0.2) is 5.60 Å². The highest BCUT2D eigenvalue weighted by atomic mass is 32.2. The highest BCUT2D eigenvalue weighted by molar-refractivity contribution is 7.99. The van der Waals surface area contributed by atoms with Crippen LogP contribution in [0.3, 0.4) is 0 Å². The van der Waals surface area contributed by atoms with Crippen molar-refractivity contribution in [2.24, 2.45) is 5.92 Å². The zero-order valence-electron chi connectivity index (χ0n) is 8.97. The van der Waals surface area contributed by atoms with E-state index in [4.69, 9.17) is 0 Å². The molecule has 90 valence electrons. The Kier molecular flexibility index (Phi) is 3.98. The first-order valence-electron chi connectivity index (χ1n) is 5.17. The Morgan fingerprint density at radius 2 is 1.93 bits per heavy atom. The average Bonchev–Trinajstić information content (AvgIpc) is 2.95. The maximum Gasteiger partial charge on any atom is 0.417 e. The van der Waals surface area contributed by atoms with Gasteiger partial charge in [-0.3, -0.25) is 0 Å². The standard InChI is InChI=1S/C10H17F3OS/c1-3-8(15-2)6-9(14,7-4-5-7)10(11,12)13/h7-8,14H,3-6H2,1-2H3. The predicted molar refractivity (Wildman–Crippen MR) is 55.9 cm³/mol. The first-order chi connectivity index (χ1) is 6.85. The van der Waals surface area contributed by atoms with E-state index in [2.05, 4.69) is 0 Å². The van der Waals surface area contributed by atoms with Gasteiger partial charge in [-0.05, 0) is 37.9 Å². The molecule has 0 radical (unpaired) electrons. The number of hydrogen-bond donors (Lipinski definition) is 1. The summed E-state index contributed by atoms with van der Waals surface area (Å²) < 4.78 is 38.3. The fourth-order valence-corrected chi connectivity index (χ4v) is 2.57. The van der Waals surface area contributed by atoms with E-state index in [9.17, 15) is 18.3 Å². The normalized spacial score (nSPS) is 23.6. The summed E-state index contributed by atoms with van der Waals surface area (Å²) in [5.41, 5.74) is -2.45. The van der Waals surface area contributed by atoms with Gasteiger partial charge in [0.25, 0.3) is 0 Å². The molecule has 1 N–H and O–H groups in total. The van der Waals surface area contributed by atoms with Gasteiger partial charge in [-0.1, -0.05) is 6.92 Å². The van der Waals surface area contributed by atoms with Crippen LogP contribution in [0.5, 0.6) is 0 Å².